The lowest BCUT2D eigenvalue weighted by molar-refractivity contribution is -0.115. The second kappa shape index (κ2) is 8.27. The molecule has 136 valence electrons. The Bertz CT molecular complexity index is 968. The fourth-order valence-corrected chi connectivity index (χ4v) is 2.75. The topological polar surface area (TPSA) is 71.1 Å². The molecule has 3 rings (SSSR count). The number of carbonyl (C=O) groups excluding carboxylic acids is 2. The zero-order valence-corrected chi connectivity index (χ0v) is 15.3. The number of anilines is 2. The molecule has 1 heterocycles. The first kappa shape index (κ1) is 18.3. The van der Waals surface area contributed by atoms with Crippen molar-refractivity contribution < 1.29 is 9.59 Å². The third-order valence-corrected chi connectivity index (χ3v) is 4.20. The summed E-state index contributed by atoms with van der Waals surface area (Å²) in [7, 11) is 0. The van der Waals surface area contributed by atoms with Crippen molar-refractivity contribution in [1.82, 2.24) is 4.98 Å². The minimum Gasteiger partial charge on any atom is -0.326 e. The van der Waals surface area contributed by atoms with Gasteiger partial charge in [-0.05, 0) is 55.3 Å². The molecule has 27 heavy (non-hydrogen) atoms. The van der Waals surface area contributed by atoms with Gasteiger partial charge in [0, 0.05) is 29.3 Å². The van der Waals surface area contributed by atoms with Crippen molar-refractivity contribution in [3.05, 3.63) is 89.2 Å². The average molecular weight is 359 g/mol. The van der Waals surface area contributed by atoms with Crippen LogP contribution in [0.25, 0.3) is 0 Å². The summed E-state index contributed by atoms with van der Waals surface area (Å²) in [6, 6.07) is 16.4. The zero-order valence-electron chi connectivity index (χ0n) is 15.3. The fourth-order valence-electron chi connectivity index (χ4n) is 2.75. The highest BCUT2D eigenvalue weighted by Crippen LogP contribution is 2.15. The van der Waals surface area contributed by atoms with Crippen LogP contribution < -0.4 is 10.6 Å². The predicted molar refractivity (Wildman–Crippen MR) is 107 cm³/mol. The lowest BCUT2D eigenvalue weighted by Crippen LogP contribution is -2.16. The number of benzene rings is 2. The quantitative estimate of drug-likeness (QED) is 0.719. The van der Waals surface area contributed by atoms with E-state index in [1.54, 1.807) is 48.8 Å². The van der Waals surface area contributed by atoms with Gasteiger partial charge in [0.2, 0.25) is 5.91 Å². The van der Waals surface area contributed by atoms with E-state index in [9.17, 15) is 9.59 Å². The highest BCUT2D eigenvalue weighted by molar-refractivity contribution is 6.05. The smallest absolute Gasteiger partial charge is 0.255 e. The number of hydrogen-bond acceptors (Lipinski definition) is 3. The van der Waals surface area contributed by atoms with E-state index in [-0.39, 0.29) is 11.8 Å². The SMILES string of the molecule is Cc1ccc(C)c(CC(=O)Nc2cccc(C(=O)Nc3ccncc3)c2)c1. The Morgan fingerprint density at radius 1 is 0.889 bits per heavy atom. The number of pyridine rings is 1. The van der Waals surface area contributed by atoms with Crippen molar-refractivity contribution in [2.45, 2.75) is 20.3 Å². The highest BCUT2D eigenvalue weighted by Gasteiger charge is 2.10. The van der Waals surface area contributed by atoms with Gasteiger partial charge in [-0.15, -0.1) is 0 Å². The number of nitrogens with zero attached hydrogens (tertiary/aromatic N) is 1. The molecule has 5 heteroatoms. The molecule has 2 amide bonds. The van der Waals surface area contributed by atoms with Crippen molar-refractivity contribution in [3.63, 3.8) is 0 Å². The van der Waals surface area contributed by atoms with E-state index in [1.165, 1.54) is 0 Å². The summed E-state index contributed by atoms with van der Waals surface area (Å²) in [6.45, 7) is 4.00. The summed E-state index contributed by atoms with van der Waals surface area (Å²) in [5.41, 5.74) is 4.93. The largest absolute Gasteiger partial charge is 0.326 e. The summed E-state index contributed by atoms with van der Waals surface area (Å²) in [6.07, 6.45) is 3.51. The van der Waals surface area contributed by atoms with Crippen LogP contribution in [0.1, 0.15) is 27.0 Å². The Morgan fingerprint density at radius 2 is 1.67 bits per heavy atom. The van der Waals surface area contributed by atoms with Gasteiger partial charge in [-0.1, -0.05) is 29.8 Å². The van der Waals surface area contributed by atoms with Gasteiger partial charge in [0.05, 0.1) is 6.42 Å². The zero-order chi connectivity index (χ0) is 19.2. The van der Waals surface area contributed by atoms with Crippen LogP contribution >= 0.6 is 0 Å². The molecule has 3 aromatic rings. The van der Waals surface area contributed by atoms with Crippen LogP contribution in [0.5, 0.6) is 0 Å². The molecular formula is C22H21N3O2. The molecule has 0 saturated carbocycles. The molecule has 2 aromatic carbocycles. The van der Waals surface area contributed by atoms with Gasteiger partial charge in [-0.2, -0.15) is 0 Å². The maximum Gasteiger partial charge on any atom is 0.255 e. The Morgan fingerprint density at radius 3 is 2.44 bits per heavy atom. The molecule has 0 aliphatic rings. The van der Waals surface area contributed by atoms with Gasteiger partial charge in [-0.25, -0.2) is 0 Å². The molecule has 0 bridgehead atoms. The molecule has 0 fully saturated rings. The van der Waals surface area contributed by atoms with E-state index < -0.39 is 0 Å². The number of rotatable bonds is 5. The number of hydrogen-bond donors (Lipinski definition) is 2. The summed E-state index contributed by atoms with van der Waals surface area (Å²) in [4.78, 5) is 28.7. The molecule has 0 aliphatic carbocycles. The summed E-state index contributed by atoms with van der Waals surface area (Å²) < 4.78 is 0. The lowest BCUT2D eigenvalue weighted by atomic mass is 10.0. The Balaban J connectivity index is 1.67. The van der Waals surface area contributed by atoms with Gasteiger partial charge in [0.15, 0.2) is 0 Å². The summed E-state index contributed by atoms with van der Waals surface area (Å²) >= 11 is 0. The summed E-state index contributed by atoms with van der Waals surface area (Å²) in [5, 5.41) is 5.67. The molecule has 5 nitrogen and oxygen atoms in total. The maximum atomic E-state index is 12.4. The Kier molecular flexibility index (Phi) is 5.61. The van der Waals surface area contributed by atoms with Crippen LogP contribution in [0.4, 0.5) is 11.4 Å². The van der Waals surface area contributed by atoms with Gasteiger partial charge in [-0.3, -0.25) is 14.6 Å². The molecule has 0 atom stereocenters. The van der Waals surface area contributed by atoms with E-state index in [0.717, 1.165) is 16.7 Å². The monoisotopic (exact) mass is 359 g/mol. The highest BCUT2D eigenvalue weighted by atomic mass is 16.2. The number of nitrogens with one attached hydrogen (secondary N) is 2. The summed E-state index contributed by atoms with van der Waals surface area (Å²) in [5.74, 6) is -0.359. The van der Waals surface area contributed by atoms with E-state index in [1.807, 2.05) is 32.0 Å². The molecule has 0 spiro atoms. The third kappa shape index (κ3) is 5.01. The van der Waals surface area contributed by atoms with Crippen LogP contribution in [-0.4, -0.2) is 16.8 Å². The second-order valence-electron chi connectivity index (χ2n) is 6.43. The first-order chi connectivity index (χ1) is 13.0. The number of aromatic nitrogens is 1. The molecule has 1 aromatic heterocycles. The number of aryl methyl sites for hydroxylation is 2. The van der Waals surface area contributed by atoms with Crippen molar-refractivity contribution in [2.75, 3.05) is 10.6 Å². The van der Waals surface area contributed by atoms with Crippen LogP contribution in [-0.2, 0) is 11.2 Å². The van der Waals surface area contributed by atoms with Gasteiger partial charge >= 0.3 is 0 Å². The second-order valence-corrected chi connectivity index (χ2v) is 6.43. The van der Waals surface area contributed by atoms with Gasteiger partial charge in [0.1, 0.15) is 0 Å². The molecule has 0 radical (unpaired) electrons. The third-order valence-electron chi connectivity index (χ3n) is 4.20. The fraction of sp³-hybridized carbons (Fsp3) is 0.136. The van der Waals surface area contributed by atoms with E-state index >= 15 is 0 Å². The molecule has 2 N–H and O–H groups in total. The first-order valence-corrected chi connectivity index (χ1v) is 8.69. The predicted octanol–water partition coefficient (Wildman–Crippen LogP) is 4.13. The first-order valence-electron chi connectivity index (χ1n) is 8.69. The number of carbonyl (C=O) groups is 2. The van der Waals surface area contributed by atoms with Crippen LogP contribution in [0.2, 0.25) is 0 Å². The van der Waals surface area contributed by atoms with Gasteiger partial charge in [0.25, 0.3) is 5.91 Å². The van der Waals surface area contributed by atoms with E-state index in [4.69, 9.17) is 0 Å². The van der Waals surface area contributed by atoms with Crippen LogP contribution in [0.15, 0.2) is 67.0 Å². The van der Waals surface area contributed by atoms with Crippen molar-refractivity contribution in [3.8, 4) is 0 Å². The molecular weight excluding hydrogens is 338 g/mol. The normalized spacial score (nSPS) is 10.3. The Hall–Kier alpha value is -3.47. The standard InChI is InChI=1S/C22H21N3O2/c1-15-6-7-16(2)18(12-15)14-21(26)24-20-5-3-4-17(13-20)22(27)25-19-8-10-23-11-9-19/h3-13H,14H2,1-2H3,(H,24,26)(H,23,25,27). The van der Waals surface area contributed by atoms with Gasteiger partial charge < -0.3 is 10.6 Å². The van der Waals surface area contributed by atoms with Crippen LogP contribution in [0, 0.1) is 13.8 Å². The van der Waals surface area contributed by atoms with E-state index in [2.05, 4.69) is 15.6 Å². The lowest BCUT2D eigenvalue weighted by Gasteiger charge is -2.10. The van der Waals surface area contributed by atoms with E-state index in [0.29, 0.717) is 23.4 Å². The number of amides is 2. The van der Waals surface area contributed by atoms with Crippen molar-refractivity contribution >= 4 is 23.2 Å². The molecule has 0 saturated heterocycles. The minimum absolute atomic E-state index is 0.115. The van der Waals surface area contributed by atoms with Crippen molar-refractivity contribution in [2.24, 2.45) is 0 Å². The Labute approximate surface area is 158 Å². The average Bonchev–Trinajstić information content (AvgIpc) is 2.65. The minimum atomic E-state index is -0.244. The molecule has 0 unspecified atom stereocenters. The maximum absolute atomic E-state index is 12.4. The molecule has 0 aliphatic heterocycles. The van der Waals surface area contributed by atoms with Crippen LogP contribution in [0.3, 0.4) is 0 Å². The van der Waals surface area contributed by atoms with Crippen molar-refractivity contribution in [1.29, 1.82) is 0 Å².